The second-order valence-electron chi connectivity index (χ2n) is 4.60. The molecular formula is C17H19NO4. The number of carbonyl (C=O) groups excluding carboxylic acids is 1. The molecule has 1 N–H and O–H groups in total. The molecule has 0 aliphatic heterocycles. The van der Waals surface area contributed by atoms with Gasteiger partial charge in [0.25, 0.3) is 0 Å². The van der Waals surface area contributed by atoms with Crippen LogP contribution >= 0.6 is 0 Å². The lowest BCUT2D eigenvalue weighted by Crippen LogP contribution is -2.27. The Kier molecular flexibility index (Phi) is 5.80. The normalized spacial score (nSPS) is 12.3. The highest BCUT2D eigenvalue weighted by Crippen LogP contribution is 2.26. The van der Waals surface area contributed by atoms with E-state index in [0.29, 0.717) is 6.54 Å². The van der Waals surface area contributed by atoms with E-state index in [1.165, 1.54) is 6.08 Å². The number of carbonyl (C=O) groups is 1. The molecule has 1 aromatic heterocycles. The number of nitrogens with one attached hydrogen (secondary N) is 1. The molecule has 0 spiro atoms. The van der Waals surface area contributed by atoms with E-state index in [1.807, 2.05) is 24.3 Å². The number of para-hydroxylation sites is 1. The van der Waals surface area contributed by atoms with Gasteiger partial charge in [-0.15, -0.1) is 0 Å². The van der Waals surface area contributed by atoms with Crippen LogP contribution in [0.3, 0.4) is 0 Å². The Morgan fingerprint density at radius 1 is 1.32 bits per heavy atom. The largest absolute Gasteiger partial charge is 0.496 e. The van der Waals surface area contributed by atoms with Crippen LogP contribution in [-0.2, 0) is 9.53 Å². The van der Waals surface area contributed by atoms with Crippen molar-refractivity contribution >= 4 is 12.0 Å². The minimum atomic E-state index is -0.276. The van der Waals surface area contributed by atoms with E-state index in [0.717, 1.165) is 16.9 Å². The van der Waals surface area contributed by atoms with Crippen molar-refractivity contribution in [2.24, 2.45) is 0 Å². The third-order valence-corrected chi connectivity index (χ3v) is 3.20. The van der Waals surface area contributed by atoms with Gasteiger partial charge in [0, 0.05) is 30.9 Å². The predicted octanol–water partition coefficient (Wildman–Crippen LogP) is 2.81. The van der Waals surface area contributed by atoms with E-state index in [9.17, 15) is 4.79 Å². The molecule has 116 valence electrons. The second-order valence-corrected chi connectivity index (χ2v) is 4.60. The van der Waals surface area contributed by atoms with Gasteiger partial charge >= 0.3 is 0 Å². The molecular weight excluding hydrogens is 282 g/mol. The zero-order valence-electron chi connectivity index (χ0n) is 12.6. The van der Waals surface area contributed by atoms with E-state index in [-0.39, 0.29) is 12.0 Å². The number of benzene rings is 1. The summed E-state index contributed by atoms with van der Waals surface area (Å²) >= 11 is 0. The van der Waals surface area contributed by atoms with Gasteiger partial charge < -0.3 is 19.2 Å². The zero-order valence-corrected chi connectivity index (χ0v) is 12.6. The van der Waals surface area contributed by atoms with Crippen molar-refractivity contribution in [2.45, 2.75) is 6.10 Å². The average Bonchev–Trinajstić information content (AvgIpc) is 3.07. The Morgan fingerprint density at radius 3 is 2.82 bits per heavy atom. The van der Waals surface area contributed by atoms with E-state index >= 15 is 0 Å². The molecule has 5 heteroatoms. The van der Waals surface area contributed by atoms with Crippen LogP contribution in [-0.4, -0.2) is 26.7 Å². The second kappa shape index (κ2) is 8.05. The van der Waals surface area contributed by atoms with Gasteiger partial charge in [-0.2, -0.15) is 0 Å². The lowest BCUT2D eigenvalue weighted by atomic mass is 10.1. The Hall–Kier alpha value is -2.53. The fourth-order valence-corrected chi connectivity index (χ4v) is 2.05. The molecule has 0 radical (unpaired) electrons. The van der Waals surface area contributed by atoms with Gasteiger partial charge in [-0.3, -0.25) is 4.79 Å². The van der Waals surface area contributed by atoms with Gasteiger partial charge in [-0.05, 0) is 18.2 Å². The summed E-state index contributed by atoms with van der Waals surface area (Å²) in [7, 11) is 3.21. The first-order chi connectivity index (χ1) is 10.7. The first-order valence-electron chi connectivity index (χ1n) is 6.88. The maximum Gasteiger partial charge on any atom is 0.244 e. The molecule has 0 bridgehead atoms. The number of ether oxygens (including phenoxy) is 2. The summed E-state index contributed by atoms with van der Waals surface area (Å²) in [6, 6.07) is 9.35. The minimum Gasteiger partial charge on any atom is -0.496 e. The molecule has 0 aliphatic carbocycles. The van der Waals surface area contributed by atoms with Gasteiger partial charge in [0.15, 0.2) is 0 Å². The third kappa shape index (κ3) is 4.23. The minimum absolute atomic E-state index is 0.196. The van der Waals surface area contributed by atoms with E-state index in [1.54, 1.807) is 38.9 Å². The smallest absolute Gasteiger partial charge is 0.244 e. The fourth-order valence-electron chi connectivity index (χ4n) is 2.05. The van der Waals surface area contributed by atoms with Crippen LogP contribution < -0.4 is 10.1 Å². The Labute approximate surface area is 129 Å². The SMILES string of the molecule is COc1ccccc1[C@@H](CNC(=O)/C=C/c1ccoc1)OC. The lowest BCUT2D eigenvalue weighted by molar-refractivity contribution is -0.117. The summed E-state index contributed by atoms with van der Waals surface area (Å²) in [5, 5.41) is 2.81. The Morgan fingerprint density at radius 2 is 2.14 bits per heavy atom. The van der Waals surface area contributed by atoms with Crippen molar-refractivity contribution in [1.82, 2.24) is 5.32 Å². The molecule has 22 heavy (non-hydrogen) atoms. The monoisotopic (exact) mass is 301 g/mol. The average molecular weight is 301 g/mol. The van der Waals surface area contributed by atoms with Crippen LogP contribution in [0.1, 0.15) is 17.2 Å². The van der Waals surface area contributed by atoms with Crippen molar-refractivity contribution in [3.05, 3.63) is 60.1 Å². The molecule has 1 heterocycles. The van der Waals surface area contributed by atoms with Gasteiger partial charge in [-0.25, -0.2) is 0 Å². The number of hydrogen-bond donors (Lipinski definition) is 1. The maximum atomic E-state index is 11.8. The van der Waals surface area contributed by atoms with Crippen LogP contribution in [0.15, 0.2) is 53.4 Å². The molecule has 1 amide bonds. The summed E-state index contributed by atoms with van der Waals surface area (Å²) in [6.07, 6.45) is 5.99. The van der Waals surface area contributed by atoms with Crippen LogP contribution in [0, 0.1) is 0 Å². The molecule has 2 aromatic rings. The van der Waals surface area contributed by atoms with Crippen LogP contribution in [0.5, 0.6) is 5.75 Å². The van der Waals surface area contributed by atoms with Crippen molar-refractivity contribution in [1.29, 1.82) is 0 Å². The third-order valence-electron chi connectivity index (χ3n) is 3.20. The summed E-state index contributed by atoms with van der Waals surface area (Å²) in [5.41, 5.74) is 1.73. The Balaban J connectivity index is 1.94. The molecule has 0 fully saturated rings. The maximum absolute atomic E-state index is 11.8. The van der Waals surface area contributed by atoms with Crippen LogP contribution in [0.2, 0.25) is 0 Å². The standard InChI is InChI=1S/C17H19NO4/c1-20-15-6-4-3-5-14(15)16(21-2)11-18-17(19)8-7-13-9-10-22-12-13/h3-10,12,16H,11H2,1-2H3,(H,18,19)/b8-7+/t16-/m1/s1. The van der Waals surface area contributed by atoms with Crippen LogP contribution in [0.25, 0.3) is 6.08 Å². The van der Waals surface area contributed by atoms with Crippen molar-refractivity contribution < 1.29 is 18.7 Å². The number of furan rings is 1. The number of methoxy groups -OCH3 is 2. The molecule has 2 rings (SSSR count). The quantitative estimate of drug-likeness (QED) is 0.799. The number of rotatable bonds is 7. The topological polar surface area (TPSA) is 60.7 Å². The molecule has 1 aromatic carbocycles. The summed E-state index contributed by atoms with van der Waals surface area (Å²) in [4.78, 5) is 11.8. The summed E-state index contributed by atoms with van der Waals surface area (Å²) in [5.74, 6) is 0.538. The molecule has 1 atom stereocenters. The highest BCUT2D eigenvalue weighted by Gasteiger charge is 2.15. The van der Waals surface area contributed by atoms with Crippen LogP contribution in [0.4, 0.5) is 0 Å². The molecule has 0 saturated carbocycles. The van der Waals surface area contributed by atoms with Gasteiger partial charge in [0.1, 0.15) is 11.9 Å². The first kappa shape index (κ1) is 15.9. The molecule has 5 nitrogen and oxygen atoms in total. The number of hydrogen-bond acceptors (Lipinski definition) is 4. The van der Waals surface area contributed by atoms with E-state index in [4.69, 9.17) is 13.9 Å². The zero-order chi connectivity index (χ0) is 15.8. The van der Waals surface area contributed by atoms with Crippen molar-refractivity contribution in [3.63, 3.8) is 0 Å². The van der Waals surface area contributed by atoms with Crippen molar-refractivity contribution in [2.75, 3.05) is 20.8 Å². The fraction of sp³-hybridized carbons (Fsp3) is 0.235. The highest BCUT2D eigenvalue weighted by atomic mass is 16.5. The first-order valence-corrected chi connectivity index (χ1v) is 6.88. The van der Waals surface area contributed by atoms with Gasteiger partial charge in [0.05, 0.1) is 19.6 Å². The summed E-state index contributed by atoms with van der Waals surface area (Å²) < 4.78 is 15.7. The Bertz CT molecular complexity index is 619. The van der Waals surface area contributed by atoms with Crippen molar-refractivity contribution in [3.8, 4) is 5.75 Å². The molecule has 0 saturated heterocycles. The van der Waals surface area contributed by atoms with E-state index in [2.05, 4.69) is 5.32 Å². The highest BCUT2D eigenvalue weighted by molar-refractivity contribution is 5.91. The molecule has 0 aliphatic rings. The molecule has 0 unspecified atom stereocenters. The lowest BCUT2D eigenvalue weighted by Gasteiger charge is -2.18. The number of amides is 1. The van der Waals surface area contributed by atoms with Gasteiger partial charge in [0.2, 0.25) is 5.91 Å². The van der Waals surface area contributed by atoms with E-state index < -0.39 is 0 Å². The predicted molar refractivity (Wildman–Crippen MR) is 83.5 cm³/mol. The van der Waals surface area contributed by atoms with Gasteiger partial charge in [-0.1, -0.05) is 18.2 Å². The summed E-state index contributed by atoms with van der Waals surface area (Å²) in [6.45, 7) is 0.353.